The smallest absolute Gasteiger partial charge is 0.125 e. The Morgan fingerprint density at radius 2 is 1.73 bits per heavy atom. The number of benzene rings is 2. The lowest BCUT2D eigenvalue weighted by Gasteiger charge is -2.19. The minimum atomic E-state index is -0.724. The number of para-hydroxylation sites is 1. The molecule has 0 saturated heterocycles. The van der Waals surface area contributed by atoms with Gasteiger partial charge in [-0.25, -0.2) is 0 Å². The van der Waals surface area contributed by atoms with Gasteiger partial charge in [-0.05, 0) is 31.3 Å². The molecule has 3 nitrogen and oxygen atoms in total. The maximum absolute atomic E-state index is 10.9. The maximum Gasteiger partial charge on any atom is 0.125 e. The fourth-order valence-electron chi connectivity index (χ4n) is 2.36. The van der Waals surface area contributed by atoms with Gasteiger partial charge in [0.25, 0.3) is 0 Å². The zero-order valence-corrected chi connectivity index (χ0v) is 13.4. The van der Waals surface area contributed by atoms with Crippen molar-refractivity contribution >= 4 is 5.57 Å². The van der Waals surface area contributed by atoms with Gasteiger partial charge >= 0.3 is 0 Å². The quantitative estimate of drug-likeness (QED) is 0.887. The number of hydrogen-bond donors (Lipinski definition) is 1. The first-order chi connectivity index (χ1) is 10.6. The second-order valence-corrected chi connectivity index (χ2v) is 5.43. The minimum absolute atomic E-state index is 0.696. The van der Waals surface area contributed by atoms with Crippen molar-refractivity contribution in [3.8, 4) is 5.75 Å². The summed E-state index contributed by atoms with van der Waals surface area (Å²) in [5, 5.41) is 10.9. The summed E-state index contributed by atoms with van der Waals surface area (Å²) in [6.45, 7) is 0.760. The first-order valence-electron chi connectivity index (χ1n) is 7.34. The largest absolute Gasteiger partial charge is 0.496 e. The molecule has 0 aliphatic rings. The maximum atomic E-state index is 10.9. The predicted molar refractivity (Wildman–Crippen MR) is 90.9 cm³/mol. The van der Waals surface area contributed by atoms with Gasteiger partial charge in [0.15, 0.2) is 0 Å². The van der Waals surface area contributed by atoms with Gasteiger partial charge in [0.05, 0.1) is 7.11 Å². The number of nitrogens with zero attached hydrogens (tertiary/aromatic N) is 1. The monoisotopic (exact) mass is 297 g/mol. The Hall–Kier alpha value is -2.10. The number of aliphatic hydroxyl groups is 1. The minimum Gasteiger partial charge on any atom is -0.496 e. The molecule has 0 radical (unpaired) electrons. The lowest BCUT2D eigenvalue weighted by atomic mass is 9.94. The van der Waals surface area contributed by atoms with E-state index in [0.29, 0.717) is 5.75 Å². The lowest BCUT2D eigenvalue weighted by Crippen LogP contribution is -2.12. The van der Waals surface area contributed by atoms with E-state index in [0.717, 1.165) is 23.2 Å². The van der Waals surface area contributed by atoms with Gasteiger partial charge in [-0.3, -0.25) is 0 Å². The Kier molecular flexibility index (Phi) is 5.75. The highest BCUT2D eigenvalue weighted by atomic mass is 16.5. The van der Waals surface area contributed by atoms with E-state index < -0.39 is 6.10 Å². The van der Waals surface area contributed by atoms with Gasteiger partial charge < -0.3 is 14.7 Å². The van der Waals surface area contributed by atoms with E-state index in [9.17, 15) is 5.11 Å². The Morgan fingerprint density at radius 3 is 2.36 bits per heavy atom. The summed E-state index contributed by atoms with van der Waals surface area (Å²) in [7, 11) is 5.64. The Balaban J connectivity index is 2.42. The highest BCUT2D eigenvalue weighted by Gasteiger charge is 2.18. The van der Waals surface area contributed by atoms with Crippen molar-refractivity contribution in [2.24, 2.45) is 0 Å². The molecule has 1 atom stereocenters. The summed E-state index contributed by atoms with van der Waals surface area (Å²) in [5.41, 5.74) is 2.68. The summed E-state index contributed by atoms with van der Waals surface area (Å²) in [4.78, 5) is 2.07. The average Bonchev–Trinajstić information content (AvgIpc) is 2.55. The normalized spacial score (nSPS) is 13.2. The summed E-state index contributed by atoms with van der Waals surface area (Å²) in [6.07, 6.45) is 1.34. The van der Waals surface area contributed by atoms with Crippen LogP contribution in [0, 0.1) is 0 Å². The van der Waals surface area contributed by atoms with Gasteiger partial charge in [-0.15, -0.1) is 0 Å². The molecule has 0 spiro atoms. The average molecular weight is 297 g/mol. The molecule has 3 heteroatoms. The molecule has 0 bridgehead atoms. The van der Waals surface area contributed by atoms with Gasteiger partial charge in [-0.2, -0.15) is 0 Å². The van der Waals surface area contributed by atoms with Crippen LogP contribution in [0.5, 0.6) is 5.75 Å². The standard InChI is InChI=1S/C19H23NO2/c1-20(2)14-13-16(15-9-5-4-6-10-15)19(21)17-11-7-8-12-18(17)22-3/h4-13,19,21H,14H2,1-3H3/b16-13+. The molecule has 0 aromatic heterocycles. The van der Waals surface area contributed by atoms with E-state index in [4.69, 9.17) is 4.74 Å². The lowest BCUT2D eigenvalue weighted by molar-refractivity contribution is 0.231. The third-order valence-electron chi connectivity index (χ3n) is 3.51. The van der Waals surface area contributed by atoms with Gasteiger partial charge in [-0.1, -0.05) is 54.6 Å². The number of methoxy groups -OCH3 is 1. The molecule has 0 amide bonds. The third-order valence-corrected chi connectivity index (χ3v) is 3.51. The van der Waals surface area contributed by atoms with Crippen molar-refractivity contribution in [1.29, 1.82) is 0 Å². The molecule has 1 unspecified atom stereocenters. The van der Waals surface area contributed by atoms with Crippen molar-refractivity contribution in [2.45, 2.75) is 6.10 Å². The number of rotatable bonds is 6. The Morgan fingerprint density at radius 1 is 1.09 bits per heavy atom. The Labute approximate surface area is 132 Å². The van der Waals surface area contributed by atoms with Crippen LogP contribution in [0.3, 0.4) is 0 Å². The molecule has 0 aliphatic carbocycles. The first-order valence-corrected chi connectivity index (χ1v) is 7.34. The van der Waals surface area contributed by atoms with Gasteiger partial charge in [0.1, 0.15) is 11.9 Å². The summed E-state index contributed by atoms with van der Waals surface area (Å²) in [6, 6.07) is 17.5. The number of aliphatic hydroxyl groups excluding tert-OH is 1. The third kappa shape index (κ3) is 3.97. The summed E-state index contributed by atoms with van der Waals surface area (Å²) < 4.78 is 5.38. The van der Waals surface area contributed by atoms with Crippen LogP contribution in [0.4, 0.5) is 0 Å². The first kappa shape index (κ1) is 16.3. The highest BCUT2D eigenvalue weighted by Crippen LogP contribution is 2.34. The topological polar surface area (TPSA) is 32.7 Å². The van der Waals surface area contributed by atoms with Crippen LogP contribution in [0.25, 0.3) is 5.57 Å². The van der Waals surface area contributed by atoms with E-state index in [1.165, 1.54) is 0 Å². The molecule has 0 heterocycles. The van der Waals surface area contributed by atoms with Crippen molar-refractivity contribution in [3.05, 3.63) is 71.8 Å². The van der Waals surface area contributed by atoms with E-state index in [2.05, 4.69) is 11.0 Å². The second-order valence-electron chi connectivity index (χ2n) is 5.43. The molecular weight excluding hydrogens is 274 g/mol. The van der Waals surface area contributed by atoms with Crippen LogP contribution in [-0.4, -0.2) is 37.8 Å². The van der Waals surface area contributed by atoms with Crippen LogP contribution in [0.15, 0.2) is 60.7 Å². The van der Waals surface area contributed by atoms with Gasteiger partial charge in [0.2, 0.25) is 0 Å². The van der Waals surface area contributed by atoms with E-state index in [1.54, 1.807) is 7.11 Å². The molecule has 22 heavy (non-hydrogen) atoms. The molecule has 0 fully saturated rings. The molecule has 116 valence electrons. The van der Waals surface area contributed by atoms with Crippen LogP contribution >= 0.6 is 0 Å². The van der Waals surface area contributed by atoms with Crippen molar-refractivity contribution in [2.75, 3.05) is 27.7 Å². The predicted octanol–water partition coefficient (Wildman–Crippen LogP) is 3.37. The van der Waals surface area contributed by atoms with E-state index in [1.807, 2.05) is 68.7 Å². The molecule has 0 aliphatic heterocycles. The second kappa shape index (κ2) is 7.78. The van der Waals surface area contributed by atoms with Crippen LogP contribution < -0.4 is 4.74 Å². The molecule has 2 rings (SSSR count). The molecule has 1 N–H and O–H groups in total. The molecular formula is C19H23NO2. The number of hydrogen-bond acceptors (Lipinski definition) is 3. The summed E-state index contributed by atoms with van der Waals surface area (Å²) >= 11 is 0. The van der Waals surface area contributed by atoms with Crippen LogP contribution in [0.2, 0.25) is 0 Å². The number of likely N-dealkylation sites (N-methyl/N-ethyl adjacent to an activating group) is 1. The van der Waals surface area contributed by atoms with Crippen molar-refractivity contribution in [3.63, 3.8) is 0 Å². The number of ether oxygens (including phenoxy) is 1. The molecule has 2 aromatic rings. The van der Waals surface area contributed by atoms with Gasteiger partial charge in [0, 0.05) is 12.1 Å². The van der Waals surface area contributed by atoms with E-state index in [-0.39, 0.29) is 0 Å². The zero-order chi connectivity index (χ0) is 15.9. The highest BCUT2D eigenvalue weighted by molar-refractivity contribution is 5.71. The van der Waals surface area contributed by atoms with Crippen molar-refractivity contribution < 1.29 is 9.84 Å². The zero-order valence-electron chi connectivity index (χ0n) is 13.4. The van der Waals surface area contributed by atoms with Crippen LogP contribution in [-0.2, 0) is 0 Å². The van der Waals surface area contributed by atoms with Crippen molar-refractivity contribution in [1.82, 2.24) is 4.90 Å². The SMILES string of the molecule is COc1ccccc1C(O)/C(=C/CN(C)C)c1ccccc1. The fourth-order valence-corrected chi connectivity index (χ4v) is 2.36. The summed E-state index contributed by atoms with van der Waals surface area (Å²) in [5.74, 6) is 0.696. The molecule has 2 aromatic carbocycles. The Bertz CT molecular complexity index is 620. The van der Waals surface area contributed by atoms with Crippen LogP contribution in [0.1, 0.15) is 17.2 Å². The fraction of sp³-hybridized carbons (Fsp3) is 0.263. The molecule has 0 saturated carbocycles. The van der Waals surface area contributed by atoms with E-state index >= 15 is 0 Å².